The number of carbonyl (C=O) groups is 2. The summed E-state index contributed by atoms with van der Waals surface area (Å²) >= 11 is 5.53. The number of benzene rings is 1. The Morgan fingerprint density at radius 2 is 1.78 bits per heavy atom. The molecule has 0 aromatic heterocycles. The van der Waals surface area contributed by atoms with E-state index in [-0.39, 0.29) is 32.5 Å². The van der Waals surface area contributed by atoms with Crippen LogP contribution >= 0.6 is 11.6 Å². The molecule has 1 aromatic carbocycles. The van der Waals surface area contributed by atoms with Gasteiger partial charge >= 0.3 is 12.3 Å². The molecule has 7 nitrogen and oxygen atoms in total. The highest BCUT2D eigenvalue weighted by atomic mass is 35.5. The molecule has 0 unspecified atom stereocenters. The van der Waals surface area contributed by atoms with Gasteiger partial charge in [0.1, 0.15) is 0 Å². The number of halogens is 4. The molecule has 12 heteroatoms. The highest BCUT2D eigenvalue weighted by Gasteiger charge is 2.41. The van der Waals surface area contributed by atoms with Gasteiger partial charge in [0, 0.05) is 19.1 Å². The van der Waals surface area contributed by atoms with Gasteiger partial charge in [0.15, 0.2) is 6.61 Å². The van der Waals surface area contributed by atoms with Crippen molar-refractivity contribution in [3.05, 3.63) is 28.8 Å². The van der Waals surface area contributed by atoms with Crippen LogP contribution in [0.5, 0.6) is 0 Å². The maximum absolute atomic E-state index is 13.0. The quantitative estimate of drug-likeness (QED) is 0.741. The van der Waals surface area contributed by atoms with E-state index in [0.717, 1.165) is 21.3 Å². The third-order valence-corrected chi connectivity index (χ3v) is 6.68. The van der Waals surface area contributed by atoms with Gasteiger partial charge in [-0.05, 0) is 31.0 Å². The fourth-order valence-electron chi connectivity index (χ4n) is 3.09. The molecule has 1 aromatic rings. The molecule has 27 heavy (non-hydrogen) atoms. The van der Waals surface area contributed by atoms with E-state index in [4.69, 9.17) is 11.6 Å². The van der Waals surface area contributed by atoms with Crippen molar-refractivity contribution in [2.75, 3.05) is 19.7 Å². The molecule has 2 heterocycles. The van der Waals surface area contributed by atoms with Crippen LogP contribution in [0.3, 0.4) is 0 Å². The molecule has 0 radical (unpaired) electrons. The van der Waals surface area contributed by atoms with Gasteiger partial charge in [-0.1, -0.05) is 11.6 Å². The molecule has 2 aliphatic heterocycles. The molecular weight excluding hydrogens is 413 g/mol. The van der Waals surface area contributed by atoms with Gasteiger partial charge < -0.3 is 4.74 Å². The van der Waals surface area contributed by atoms with Gasteiger partial charge in [0.05, 0.1) is 15.5 Å². The summed E-state index contributed by atoms with van der Waals surface area (Å²) < 4.78 is 70.0. The number of rotatable bonds is 3. The summed E-state index contributed by atoms with van der Waals surface area (Å²) in [5.41, 5.74) is -1.23. The lowest BCUT2D eigenvalue weighted by molar-refractivity contribution is -0.137. The molecule has 3 rings (SSSR count). The predicted octanol–water partition coefficient (Wildman–Crippen LogP) is 2.49. The van der Waals surface area contributed by atoms with Crippen molar-refractivity contribution in [1.29, 1.82) is 0 Å². The van der Waals surface area contributed by atoms with Crippen molar-refractivity contribution < 1.29 is 35.9 Å². The lowest BCUT2D eigenvalue weighted by Gasteiger charge is -2.34. The Kier molecular flexibility index (Phi) is 5.12. The minimum absolute atomic E-state index is 0.0476. The van der Waals surface area contributed by atoms with Crippen LogP contribution in [0.25, 0.3) is 0 Å². The van der Waals surface area contributed by atoms with Crippen molar-refractivity contribution >= 4 is 33.6 Å². The van der Waals surface area contributed by atoms with Crippen LogP contribution in [-0.2, 0) is 25.7 Å². The number of piperidine rings is 1. The van der Waals surface area contributed by atoms with Crippen LogP contribution in [0.1, 0.15) is 18.4 Å². The van der Waals surface area contributed by atoms with E-state index in [1.54, 1.807) is 0 Å². The van der Waals surface area contributed by atoms with Gasteiger partial charge in [0.2, 0.25) is 10.0 Å². The van der Waals surface area contributed by atoms with E-state index >= 15 is 0 Å². The highest BCUT2D eigenvalue weighted by molar-refractivity contribution is 7.89. The average molecular weight is 427 g/mol. The first-order chi connectivity index (χ1) is 12.5. The standard InChI is InChI=1S/C15H14ClF3N2O5S/c16-12-2-1-10(7-11(12)15(17,18)19)27(24,25)20-5-3-9(4-6-20)21-13(22)8-26-14(21)23/h1-2,7,9H,3-6,8H2. The molecule has 0 spiro atoms. The molecule has 2 fully saturated rings. The zero-order valence-corrected chi connectivity index (χ0v) is 15.3. The number of alkyl halides is 3. The summed E-state index contributed by atoms with van der Waals surface area (Å²) in [4.78, 5) is 23.7. The Hall–Kier alpha value is -1.85. The molecule has 0 saturated carbocycles. The van der Waals surface area contributed by atoms with E-state index in [0.29, 0.717) is 6.07 Å². The lowest BCUT2D eigenvalue weighted by Crippen LogP contribution is -2.48. The van der Waals surface area contributed by atoms with Crippen LogP contribution < -0.4 is 0 Å². The van der Waals surface area contributed by atoms with Crippen molar-refractivity contribution in [2.24, 2.45) is 0 Å². The smallest absolute Gasteiger partial charge is 0.417 e. The molecule has 0 atom stereocenters. The van der Waals surface area contributed by atoms with Crippen LogP contribution in [0.4, 0.5) is 18.0 Å². The summed E-state index contributed by atoms with van der Waals surface area (Å²) in [7, 11) is -4.18. The molecule has 0 N–H and O–H groups in total. The molecular formula is C15H14ClF3N2O5S. The zero-order valence-electron chi connectivity index (χ0n) is 13.7. The first-order valence-electron chi connectivity index (χ1n) is 7.87. The van der Waals surface area contributed by atoms with Gasteiger partial charge in [-0.3, -0.25) is 4.79 Å². The number of ether oxygens (including phenoxy) is 1. The van der Waals surface area contributed by atoms with E-state index in [1.807, 2.05) is 0 Å². The number of imide groups is 1. The summed E-state index contributed by atoms with van der Waals surface area (Å²) in [5.74, 6) is -0.492. The molecule has 148 valence electrons. The maximum atomic E-state index is 13.0. The van der Waals surface area contributed by atoms with E-state index in [1.165, 1.54) is 0 Å². The number of hydrogen-bond acceptors (Lipinski definition) is 5. The lowest BCUT2D eigenvalue weighted by atomic mass is 10.1. The van der Waals surface area contributed by atoms with Crippen LogP contribution in [0, 0.1) is 0 Å². The number of amides is 2. The number of cyclic esters (lactones) is 1. The molecule has 0 aliphatic carbocycles. The monoisotopic (exact) mass is 426 g/mol. The molecule has 2 aliphatic rings. The number of carbonyl (C=O) groups excluding carboxylic acids is 2. The van der Waals surface area contributed by atoms with Gasteiger partial charge in [-0.15, -0.1) is 0 Å². The van der Waals surface area contributed by atoms with Gasteiger partial charge in [0.25, 0.3) is 5.91 Å². The second-order valence-electron chi connectivity index (χ2n) is 6.09. The van der Waals surface area contributed by atoms with Gasteiger partial charge in [-0.25, -0.2) is 18.1 Å². The highest BCUT2D eigenvalue weighted by Crippen LogP contribution is 2.36. The zero-order chi connectivity index (χ0) is 20.0. The third kappa shape index (κ3) is 3.76. The van der Waals surface area contributed by atoms with Crippen molar-refractivity contribution in [3.8, 4) is 0 Å². The topological polar surface area (TPSA) is 84.0 Å². The summed E-state index contributed by atoms with van der Waals surface area (Å²) in [5, 5.41) is -0.591. The Morgan fingerprint density at radius 3 is 2.30 bits per heavy atom. The van der Waals surface area contributed by atoms with E-state index in [9.17, 15) is 31.2 Å². The Bertz CT molecular complexity index is 866. The molecule has 0 bridgehead atoms. The van der Waals surface area contributed by atoms with E-state index < -0.39 is 49.7 Å². The third-order valence-electron chi connectivity index (χ3n) is 4.45. The molecule has 2 amide bonds. The SMILES string of the molecule is O=C1COC(=O)N1C1CCN(S(=O)(=O)c2ccc(Cl)c(C(F)(F)F)c2)CC1. The second kappa shape index (κ2) is 6.95. The second-order valence-corrected chi connectivity index (χ2v) is 8.44. The predicted molar refractivity (Wildman–Crippen MR) is 86.4 cm³/mol. The van der Waals surface area contributed by atoms with Crippen molar-refractivity contribution in [2.45, 2.75) is 30.0 Å². The number of nitrogens with zero attached hydrogens (tertiary/aromatic N) is 2. The van der Waals surface area contributed by atoms with Crippen LogP contribution in [0.15, 0.2) is 23.1 Å². The first-order valence-corrected chi connectivity index (χ1v) is 9.69. The first kappa shape index (κ1) is 19.9. The number of hydrogen-bond donors (Lipinski definition) is 0. The maximum Gasteiger partial charge on any atom is 0.417 e. The summed E-state index contributed by atoms with van der Waals surface area (Å²) in [6.07, 6.45) is -5.22. The normalized spacial score (nSPS) is 20.2. The largest absolute Gasteiger partial charge is 0.439 e. The van der Waals surface area contributed by atoms with Crippen molar-refractivity contribution in [3.63, 3.8) is 0 Å². The Balaban J connectivity index is 1.78. The number of sulfonamides is 1. The van der Waals surface area contributed by atoms with Crippen LogP contribution in [0.2, 0.25) is 5.02 Å². The van der Waals surface area contributed by atoms with E-state index in [2.05, 4.69) is 4.74 Å². The molecule has 2 saturated heterocycles. The van der Waals surface area contributed by atoms with Crippen LogP contribution in [-0.4, -0.2) is 55.4 Å². The summed E-state index contributed by atoms with van der Waals surface area (Å²) in [6, 6.07) is 1.91. The van der Waals surface area contributed by atoms with Gasteiger partial charge in [-0.2, -0.15) is 17.5 Å². The Morgan fingerprint density at radius 1 is 1.15 bits per heavy atom. The minimum atomic E-state index is -4.79. The fraction of sp³-hybridized carbons (Fsp3) is 0.467. The Labute approximate surface area is 157 Å². The average Bonchev–Trinajstić information content (AvgIpc) is 2.93. The van der Waals surface area contributed by atoms with Crippen molar-refractivity contribution in [1.82, 2.24) is 9.21 Å². The summed E-state index contributed by atoms with van der Waals surface area (Å²) in [6.45, 7) is -0.440. The minimum Gasteiger partial charge on any atom is -0.439 e. The fourth-order valence-corrected chi connectivity index (χ4v) is 4.81.